The maximum Gasteiger partial charge on any atom is 0.159 e. The number of halogens is 1. The minimum atomic E-state index is -0.227. The Balaban J connectivity index is 2.27. The fourth-order valence-electron chi connectivity index (χ4n) is 1.31. The van der Waals surface area contributed by atoms with E-state index in [1.807, 2.05) is 18.4 Å². The molecule has 0 bridgehead atoms. The molecule has 0 aliphatic rings. The Hall–Kier alpha value is -1.33. The van der Waals surface area contributed by atoms with Crippen molar-refractivity contribution in [1.82, 2.24) is 0 Å². The van der Waals surface area contributed by atoms with E-state index >= 15 is 0 Å². The van der Waals surface area contributed by atoms with Crippen molar-refractivity contribution in [1.29, 1.82) is 0 Å². The van der Waals surface area contributed by atoms with Gasteiger partial charge in [0.25, 0.3) is 0 Å². The lowest BCUT2D eigenvalue weighted by atomic mass is 10.2. The number of hydrogen-bond donors (Lipinski definition) is 1. The molecule has 88 valence electrons. The number of nitrogens with two attached hydrogens (primary N) is 1. The number of rotatable bonds is 2. The Labute approximate surface area is 107 Å². The van der Waals surface area contributed by atoms with Crippen LogP contribution in [-0.4, -0.2) is 11.4 Å². The van der Waals surface area contributed by atoms with Crippen molar-refractivity contribution < 1.29 is 4.39 Å². The maximum absolute atomic E-state index is 12.8. The van der Waals surface area contributed by atoms with Gasteiger partial charge in [0, 0.05) is 4.88 Å². The minimum absolute atomic E-state index is 0.227. The second kappa shape index (κ2) is 5.33. The van der Waals surface area contributed by atoms with E-state index in [1.165, 1.54) is 35.2 Å². The predicted molar refractivity (Wildman–Crippen MR) is 74.5 cm³/mol. The standard InChI is InChI=1S/C12H11FN2S2/c1-16-12(14)15-11-7-6-10(17-11)8-2-4-9(13)5-3-8/h2-7H,1H3,(H2,14,15). The van der Waals surface area contributed by atoms with Gasteiger partial charge < -0.3 is 5.73 Å². The van der Waals surface area contributed by atoms with E-state index < -0.39 is 0 Å². The molecule has 17 heavy (non-hydrogen) atoms. The molecule has 0 radical (unpaired) electrons. The predicted octanol–water partition coefficient (Wildman–Crippen LogP) is 3.86. The molecule has 1 aromatic carbocycles. The van der Waals surface area contributed by atoms with Gasteiger partial charge in [0.05, 0.1) is 0 Å². The van der Waals surface area contributed by atoms with Gasteiger partial charge >= 0.3 is 0 Å². The molecule has 0 spiro atoms. The van der Waals surface area contributed by atoms with Crippen molar-refractivity contribution in [3.05, 3.63) is 42.2 Å². The summed E-state index contributed by atoms with van der Waals surface area (Å²) >= 11 is 2.94. The van der Waals surface area contributed by atoms with Crippen molar-refractivity contribution in [2.45, 2.75) is 0 Å². The third-order valence-corrected chi connectivity index (χ3v) is 3.69. The van der Waals surface area contributed by atoms with Crippen LogP contribution in [0.15, 0.2) is 41.4 Å². The molecule has 0 saturated carbocycles. The smallest absolute Gasteiger partial charge is 0.159 e. The van der Waals surface area contributed by atoms with Crippen molar-refractivity contribution in [3.63, 3.8) is 0 Å². The highest BCUT2D eigenvalue weighted by molar-refractivity contribution is 8.13. The van der Waals surface area contributed by atoms with Crippen molar-refractivity contribution in [2.75, 3.05) is 6.26 Å². The first-order valence-corrected chi connectivity index (χ1v) is 6.97. The molecule has 0 aliphatic carbocycles. The van der Waals surface area contributed by atoms with Crippen molar-refractivity contribution >= 4 is 33.3 Å². The van der Waals surface area contributed by atoms with Gasteiger partial charge in [-0.2, -0.15) is 0 Å². The lowest BCUT2D eigenvalue weighted by Gasteiger charge is -1.96. The number of thioether (sulfide) groups is 1. The molecule has 2 rings (SSSR count). The van der Waals surface area contributed by atoms with Crippen LogP contribution in [0.5, 0.6) is 0 Å². The fourth-order valence-corrected chi connectivity index (χ4v) is 2.45. The van der Waals surface area contributed by atoms with Crippen LogP contribution in [0.4, 0.5) is 9.39 Å². The number of hydrogen-bond acceptors (Lipinski definition) is 3. The van der Waals surface area contributed by atoms with E-state index in [9.17, 15) is 4.39 Å². The summed E-state index contributed by atoms with van der Waals surface area (Å²) in [5.74, 6) is -0.227. The average molecular weight is 266 g/mol. The van der Waals surface area contributed by atoms with Gasteiger partial charge in [0.1, 0.15) is 10.8 Å². The fraction of sp³-hybridized carbons (Fsp3) is 0.0833. The van der Waals surface area contributed by atoms with Crippen LogP contribution in [0.1, 0.15) is 0 Å². The number of benzene rings is 1. The first kappa shape index (κ1) is 12.1. The Morgan fingerprint density at radius 2 is 1.94 bits per heavy atom. The summed E-state index contributed by atoms with van der Waals surface area (Å²) in [4.78, 5) is 5.30. The summed E-state index contributed by atoms with van der Waals surface area (Å²) in [7, 11) is 0. The lowest BCUT2D eigenvalue weighted by molar-refractivity contribution is 0.628. The van der Waals surface area contributed by atoms with Gasteiger partial charge in [-0.15, -0.1) is 11.3 Å². The summed E-state index contributed by atoms with van der Waals surface area (Å²) in [6.45, 7) is 0. The Morgan fingerprint density at radius 1 is 1.24 bits per heavy atom. The number of nitrogens with zero attached hydrogens (tertiary/aromatic N) is 1. The molecule has 1 aromatic heterocycles. The van der Waals surface area contributed by atoms with E-state index in [0.717, 1.165) is 15.4 Å². The molecule has 0 saturated heterocycles. The molecule has 0 atom stereocenters. The Bertz CT molecular complexity index is 532. The summed E-state index contributed by atoms with van der Waals surface area (Å²) in [5.41, 5.74) is 6.63. The van der Waals surface area contributed by atoms with Crippen molar-refractivity contribution in [3.8, 4) is 10.4 Å². The lowest BCUT2D eigenvalue weighted by Crippen LogP contribution is -2.03. The third kappa shape index (κ3) is 3.08. The Morgan fingerprint density at radius 3 is 2.59 bits per heavy atom. The summed E-state index contributed by atoms with van der Waals surface area (Å²) in [6.07, 6.45) is 1.88. The molecular weight excluding hydrogens is 255 g/mol. The van der Waals surface area contributed by atoms with Crippen LogP contribution in [0.2, 0.25) is 0 Å². The highest BCUT2D eigenvalue weighted by atomic mass is 32.2. The third-order valence-electron chi connectivity index (χ3n) is 2.15. The van der Waals surface area contributed by atoms with Crippen LogP contribution in [0.3, 0.4) is 0 Å². The molecule has 2 nitrogen and oxygen atoms in total. The molecule has 2 aromatic rings. The molecular formula is C12H11FN2S2. The van der Waals surface area contributed by atoms with Gasteiger partial charge in [0.2, 0.25) is 0 Å². The van der Waals surface area contributed by atoms with E-state index in [2.05, 4.69) is 4.99 Å². The van der Waals surface area contributed by atoms with Gasteiger partial charge in [-0.1, -0.05) is 23.9 Å². The van der Waals surface area contributed by atoms with Gasteiger partial charge in [0.15, 0.2) is 5.17 Å². The zero-order valence-corrected chi connectivity index (χ0v) is 10.8. The van der Waals surface area contributed by atoms with Crippen LogP contribution in [0.25, 0.3) is 10.4 Å². The second-order valence-electron chi connectivity index (χ2n) is 3.30. The average Bonchev–Trinajstić information content (AvgIpc) is 2.78. The quantitative estimate of drug-likeness (QED) is 0.662. The molecule has 2 N–H and O–H groups in total. The monoisotopic (exact) mass is 266 g/mol. The number of amidine groups is 1. The molecule has 0 fully saturated rings. The largest absolute Gasteiger partial charge is 0.378 e. The minimum Gasteiger partial charge on any atom is -0.378 e. The van der Waals surface area contributed by atoms with Gasteiger partial charge in [-0.05, 0) is 36.1 Å². The highest BCUT2D eigenvalue weighted by Gasteiger charge is 2.02. The van der Waals surface area contributed by atoms with Crippen molar-refractivity contribution in [2.24, 2.45) is 10.7 Å². The first-order chi connectivity index (χ1) is 8.19. The normalized spacial score (nSPS) is 11.8. The SMILES string of the molecule is CS/C(N)=N\c1ccc(-c2ccc(F)cc2)s1. The van der Waals surface area contributed by atoms with E-state index in [1.54, 1.807) is 12.1 Å². The zero-order valence-electron chi connectivity index (χ0n) is 9.18. The zero-order chi connectivity index (χ0) is 12.3. The van der Waals surface area contributed by atoms with E-state index in [4.69, 9.17) is 5.73 Å². The summed E-state index contributed by atoms with van der Waals surface area (Å²) in [5, 5.41) is 1.40. The maximum atomic E-state index is 12.8. The number of aliphatic imine (C=N–C) groups is 1. The van der Waals surface area contributed by atoms with Gasteiger partial charge in [-0.25, -0.2) is 9.38 Å². The second-order valence-corrected chi connectivity index (χ2v) is 5.19. The van der Waals surface area contributed by atoms with E-state index in [-0.39, 0.29) is 5.82 Å². The molecule has 0 aliphatic heterocycles. The molecule has 1 heterocycles. The van der Waals surface area contributed by atoms with E-state index in [0.29, 0.717) is 5.17 Å². The number of thiophene rings is 1. The molecule has 0 unspecified atom stereocenters. The van der Waals surface area contributed by atoms with Crippen LogP contribution >= 0.6 is 23.1 Å². The van der Waals surface area contributed by atoms with Crippen LogP contribution in [-0.2, 0) is 0 Å². The Kier molecular flexibility index (Phi) is 3.81. The van der Waals surface area contributed by atoms with Gasteiger partial charge in [-0.3, -0.25) is 0 Å². The van der Waals surface area contributed by atoms with Crippen LogP contribution < -0.4 is 5.73 Å². The molecule has 0 amide bonds. The van der Waals surface area contributed by atoms with Crippen LogP contribution in [0, 0.1) is 5.82 Å². The summed E-state index contributed by atoms with van der Waals surface area (Å²) in [6, 6.07) is 10.3. The first-order valence-electron chi connectivity index (χ1n) is 4.93. The summed E-state index contributed by atoms with van der Waals surface area (Å²) < 4.78 is 12.8. The topological polar surface area (TPSA) is 38.4 Å². The molecule has 5 heteroatoms. The highest BCUT2D eigenvalue weighted by Crippen LogP contribution is 2.33.